The van der Waals surface area contributed by atoms with E-state index >= 15 is 0 Å². The second kappa shape index (κ2) is 4.34. The summed E-state index contributed by atoms with van der Waals surface area (Å²) in [6, 6.07) is 9.40. The molecule has 0 radical (unpaired) electrons. The summed E-state index contributed by atoms with van der Waals surface area (Å²) in [6.07, 6.45) is 0. The van der Waals surface area contributed by atoms with Gasteiger partial charge in [-0.25, -0.2) is 9.37 Å². The summed E-state index contributed by atoms with van der Waals surface area (Å²) in [6.45, 7) is 5.82. The molecule has 1 heterocycles. The summed E-state index contributed by atoms with van der Waals surface area (Å²) in [4.78, 5) is 4.25. The van der Waals surface area contributed by atoms with Crippen molar-refractivity contribution >= 4 is 17.0 Å². The quantitative estimate of drug-likeness (QED) is 0.732. The molecule has 1 aromatic heterocycles. The van der Waals surface area contributed by atoms with Gasteiger partial charge >= 0.3 is 0 Å². The van der Waals surface area contributed by atoms with E-state index in [4.69, 9.17) is 5.73 Å². The fourth-order valence-electron chi connectivity index (χ4n) is 2.57. The SMILES string of the molecule is Cc1cc(C)cc(-n2c(N)nc3cc(F)c(C)cc32)c1. The number of nitrogens with zero attached hydrogens (tertiary/aromatic N) is 2. The van der Waals surface area contributed by atoms with Crippen molar-refractivity contribution in [2.45, 2.75) is 20.8 Å². The highest BCUT2D eigenvalue weighted by molar-refractivity contribution is 5.81. The number of rotatable bonds is 1. The normalized spacial score (nSPS) is 11.2. The fraction of sp³-hybridized carbons (Fsp3) is 0.188. The molecule has 0 saturated carbocycles. The smallest absolute Gasteiger partial charge is 0.205 e. The zero-order valence-corrected chi connectivity index (χ0v) is 11.7. The maximum Gasteiger partial charge on any atom is 0.205 e. The molecule has 0 aliphatic heterocycles. The summed E-state index contributed by atoms with van der Waals surface area (Å²) in [5.41, 5.74) is 11.3. The molecule has 2 aromatic carbocycles. The zero-order chi connectivity index (χ0) is 14.4. The van der Waals surface area contributed by atoms with Crippen LogP contribution in [0.4, 0.5) is 10.3 Å². The summed E-state index contributed by atoms with van der Waals surface area (Å²) in [5.74, 6) is 0.109. The summed E-state index contributed by atoms with van der Waals surface area (Å²) in [7, 11) is 0. The van der Waals surface area contributed by atoms with Gasteiger partial charge < -0.3 is 5.73 Å². The van der Waals surface area contributed by atoms with Crippen LogP contribution in [0, 0.1) is 26.6 Å². The first-order chi connectivity index (χ1) is 9.45. The molecule has 0 fully saturated rings. The molecule has 3 aromatic rings. The first kappa shape index (κ1) is 12.7. The number of imidazole rings is 1. The Balaban J connectivity index is 2.35. The standard InChI is InChI=1S/C16H16FN3/c1-9-4-10(2)6-12(5-9)20-15-7-11(3)13(17)8-14(15)19-16(20)18/h4-8H,1-3H3,(H2,18,19). The average molecular weight is 269 g/mol. The summed E-state index contributed by atoms with van der Waals surface area (Å²) >= 11 is 0. The number of halogens is 1. The maximum absolute atomic E-state index is 13.6. The highest BCUT2D eigenvalue weighted by Gasteiger charge is 2.12. The lowest BCUT2D eigenvalue weighted by Crippen LogP contribution is -2.01. The van der Waals surface area contributed by atoms with Crippen molar-refractivity contribution < 1.29 is 4.39 Å². The van der Waals surface area contributed by atoms with Crippen molar-refractivity contribution in [1.82, 2.24) is 9.55 Å². The Morgan fingerprint density at radius 2 is 1.65 bits per heavy atom. The van der Waals surface area contributed by atoms with Crippen LogP contribution < -0.4 is 5.73 Å². The minimum Gasteiger partial charge on any atom is -0.369 e. The lowest BCUT2D eigenvalue weighted by atomic mass is 10.1. The van der Waals surface area contributed by atoms with Gasteiger partial charge in [0.05, 0.1) is 11.0 Å². The number of anilines is 1. The average Bonchev–Trinajstić information content (AvgIpc) is 2.64. The molecular weight excluding hydrogens is 253 g/mol. The van der Waals surface area contributed by atoms with Gasteiger partial charge in [-0.05, 0) is 55.7 Å². The summed E-state index contributed by atoms with van der Waals surface area (Å²) < 4.78 is 15.5. The van der Waals surface area contributed by atoms with Crippen LogP contribution in [0.5, 0.6) is 0 Å². The van der Waals surface area contributed by atoms with E-state index in [0.29, 0.717) is 17.0 Å². The van der Waals surface area contributed by atoms with E-state index in [-0.39, 0.29) is 5.82 Å². The van der Waals surface area contributed by atoms with Crippen LogP contribution in [0.25, 0.3) is 16.7 Å². The number of hydrogen-bond acceptors (Lipinski definition) is 2. The molecule has 3 rings (SSSR count). The number of nitrogens with two attached hydrogens (primary N) is 1. The topological polar surface area (TPSA) is 43.8 Å². The first-order valence-corrected chi connectivity index (χ1v) is 6.48. The van der Waals surface area contributed by atoms with Crippen molar-refractivity contribution in [3.63, 3.8) is 0 Å². The molecule has 0 bridgehead atoms. The highest BCUT2D eigenvalue weighted by Crippen LogP contribution is 2.26. The van der Waals surface area contributed by atoms with E-state index in [1.54, 1.807) is 13.0 Å². The molecule has 3 nitrogen and oxygen atoms in total. The molecule has 0 atom stereocenters. The Morgan fingerprint density at radius 1 is 1.00 bits per heavy atom. The molecule has 0 spiro atoms. The Bertz CT molecular complexity index is 798. The minimum absolute atomic E-state index is 0.262. The van der Waals surface area contributed by atoms with Gasteiger partial charge in [-0.1, -0.05) is 6.07 Å². The number of hydrogen-bond donors (Lipinski definition) is 1. The molecule has 0 saturated heterocycles. The highest BCUT2D eigenvalue weighted by atomic mass is 19.1. The van der Waals surface area contributed by atoms with E-state index in [9.17, 15) is 4.39 Å². The van der Waals surface area contributed by atoms with Gasteiger partial charge in [0.25, 0.3) is 0 Å². The largest absolute Gasteiger partial charge is 0.369 e. The van der Waals surface area contributed by atoms with E-state index in [2.05, 4.69) is 11.1 Å². The van der Waals surface area contributed by atoms with Crippen LogP contribution in [0.2, 0.25) is 0 Å². The maximum atomic E-state index is 13.6. The number of benzene rings is 2. The van der Waals surface area contributed by atoms with Crippen LogP contribution in [0.3, 0.4) is 0 Å². The van der Waals surface area contributed by atoms with Gasteiger partial charge in [-0.3, -0.25) is 4.57 Å². The van der Waals surface area contributed by atoms with Gasteiger partial charge in [-0.15, -0.1) is 0 Å². The number of fused-ring (bicyclic) bond motifs is 1. The molecular formula is C16H16FN3. The van der Waals surface area contributed by atoms with E-state index in [0.717, 1.165) is 22.3 Å². The number of aromatic nitrogens is 2. The Kier molecular flexibility index (Phi) is 2.74. The van der Waals surface area contributed by atoms with E-state index in [1.165, 1.54) is 6.07 Å². The molecule has 102 valence electrons. The third-order valence-corrected chi connectivity index (χ3v) is 3.43. The third kappa shape index (κ3) is 1.93. The molecule has 0 unspecified atom stereocenters. The van der Waals surface area contributed by atoms with Crippen molar-refractivity contribution in [3.8, 4) is 5.69 Å². The second-order valence-electron chi connectivity index (χ2n) is 5.24. The number of nitrogen functional groups attached to an aromatic ring is 1. The Morgan fingerprint density at radius 3 is 2.30 bits per heavy atom. The van der Waals surface area contributed by atoms with Gasteiger partial charge in [-0.2, -0.15) is 0 Å². The van der Waals surface area contributed by atoms with Crippen molar-refractivity contribution in [1.29, 1.82) is 0 Å². The van der Waals surface area contributed by atoms with Gasteiger partial charge in [0.1, 0.15) is 5.82 Å². The van der Waals surface area contributed by atoms with Gasteiger partial charge in [0.15, 0.2) is 0 Å². The predicted octanol–water partition coefficient (Wildman–Crippen LogP) is 3.67. The van der Waals surface area contributed by atoms with Crippen molar-refractivity contribution in [3.05, 3.63) is 52.8 Å². The lowest BCUT2D eigenvalue weighted by molar-refractivity contribution is 0.620. The molecule has 20 heavy (non-hydrogen) atoms. The van der Waals surface area contributed by atoms with Crippen LogP contribution >= 0.6 is 0 Å². The second-order valence-corrected chi connectivity index (χ2v) is 5.24. The monoisotopic (exact) mass is 269 g/mol. The molecule has 0 aliphatic carbocycles. The Labute approximate surface area is 116 Å². The van der Waals surface area contributed by atoms with Crippen molar-refractivity contribution in [2.75, 3.05) is 5.73 Å². The number of aryl methyl sites for hydroxylation is 3. The fourth-order valence-corrected chi connectivity index (χ4v) is 2.57. The molecule has 0 amide bonds. The van der Waals surface area contributed by atoms with Gasteiger partial charge in [0.2, 0.25) is 5.95 Å². The molecule has 4 heteroatoms. The third-order valence-electron chi connectivity index (χ3n) is 3.43. The van der Waals surface area contributed by atoms with Crippen LogP contribution in [0.15, 0.2) is 30.3 Å². The van der Waals surface area contributed by atoms with Crippen LogP contribution in [-0.2, 0) is 0 Å². The van der Waals surface area contributed by atoms with E-state index < -0.39 is 0 Å². The summed E-state index contributed by atoms with van der Waals surface area (Å²) in [5, 5.41) is 0. The molecule has 2 N–H and O–H groups in total. The van der Waals surface area contributed by atoms with Crippen LogP contribution in [-0.4, -0.2) is 9.55 Å². The van der Waals surface area contributed by atoms with E-state index in [1.807, 2.05) is 30.5 Å². The van der Waals surface area contributed by atoms with Crippen molar-refractivity contribution in [2.24, 2.45) is 0 Å². The van der Waals surface area contributed by atoms with Gasteiger partial charge in [0, 0.05) is 11.8 Å². The first-order valence-electron chi connectivity index (χ1n) is 6.48. The Hall–Kier alpha value is -2.36. The zero-order valence-electron chi connectivity index (χ0n) is 11.7. The molecule has 0 aliphatic rings. The lowest BCUT2D eigenvalue weighted by Gasteiger charge is -2.09. The van der Waals surface area contributed by atoms with Crippen LogP contribution in [0.1, 0.15) is 16.7 Å². The predicted molar refractivity (Wildman–Crippen MR) is 79.7 cm³/mol. The minimum atomic E-state index is -0.262.